The van der Waals surface area contributed by atoms with E-state index in [1.54, 1.807) is 0 Å². The van der Waals surface area contributed by atoms with Crippen LogP contribution in [-0.4, -0.2) is 54.8 Å². The molecule has 1 fully saturated rings. The molecule has 1 saturated heterocycles. The number of piperidine rings is 1. The zero-order valence-electron chi connectivity index (χ0n) is 17.4. The number of fused-ring (bicyclic) bond motifs is 1. The first-order chi connectivity index (χ1) is 16.0. The lowest BCUT2D eigenvalue weighted by Gasteiger charge is -2.30. The number of anilines is 1. The first kappa shape index (κ1) is 21.5. The van der Waals surface area contributed by atoms with Gasteiger partial charge in [0.15, 0.2) is 17.0 Å². The summed E-state index contributed by atoms with van der Waals surface area (Å²) in [7, 11) is 0. The third-order valence-corrected chi connectivity index (χ3v) is 6.33. The third kappa shape index (κ3) is 4.19. The van der Waals surface area contributed by atoms with Crippen LogP contribution in [0.3, 0.4) is 0 Å². The van der Waals surface area contributed by atoms with E-state index in [9.17, 15) is 9.90 Å². The topological polar surface area (TPSA) is 96.2 Å². The summed E-state index contributed by atoms with van der Waals surface area (Å²) >= 11 is 12.6. The summed E-state index contributed by atoms with van der Waals surface area (Å²) in [5, 5.41) is 13.9. The number of aromatic nitrogens is 4. The molecular formula is C23H20Cl2N6O2. The van der Waals surface area contributed by atoms with Crippen molar-refractivity contribution < 1.29 is 9.90 Å². The van der Waals surface area contributed by atoms with E-state index >= 15 is 0 Å². The van der Waals surface area contributed by atoms with Crippen LogP contribution in [0.15, 0.2) is 54.9 Å². The van der Waals surface area contributed by atoms with Crippen LogP contribution in [0, 0.1) is 0 Å². The number of benzene rings is 2. The van der Waals surface area contributed by atoms with Gasteiger partial charge in [-0.3, -0.25) is 4.57 Å². The fourth-order valence-corrected chi connectivity index (χ4v) is 4.41. The molecule has 0 spiro atoms. The minimum absolute atomic E-state index is 0.0862. The van der Waals surface area contributed by atoms with Gasteiger partial charge >= 0.3 is 6.09 Å². The Morgan fingerprint density at radius 1 is 1.03 bits per heavy atom. The van der Waals surface area contributed by atoms with Gasteiger partial charge in [0, 0.05) is 35.4 Å². The van der Waals surface area contributed by atoms with Crippen LogP contribution in [0.2, 0.25) is 10.0 Å². The molecule has 2 aromatic heterocycles. The van der Waals surface area contributed by atoms with E-state index in [-0.39, 0.29) is 6.04 Å². The number of amides is 1. The number of carbonyl (C=O) groups is 1. The van der Waals surface area contributed by atoms with E-state index in [1.807, 2.05) is 53.1 Å². The molecule has 5 rings (SSSR count). The molecule has 0 aliphatic carbocycles. The minimum atomic E-state index is -0.885. The molecule has 33 heavy (non-hydrogen) atoms. The zero-order valence-corrected chi connectivity index (χ0v) is 19.0. The third-order valence-electron chi connectivity index (χ3n) is 5.75. The molecule has 2 aromatic carbocycles. The van der Waals surface area contributed by atoms with Gasteiger partial charge in [-0.1, -0.05) is 35.3 Å². The van der Waals surface area contributed by atoms with Crippen molar-refractivity contribution in [3.8, 4) is 17.1 Å². The predicted octanol–water partition coefficient (Wildman–Crippen LogP) is 5.34. The van der Waals surface area contributed by atoms with Crippen molar-refractivity contribution in [3.05, 3.63) is 64.9 Å². The van der Waals surface area contributed by atoms with Crippen molar-refractivity contribution in [1.82, 2.24) is 24.4 Å². The van der Waals surface area contributed by atoms with Gasteiger partial charge in [0.25, 0.3) is 0 Å². The number of hydrogen-bond acceptors (Lipinski definition) is 5. The molecule has 1 aliphatic rings. The summed E-state index contributed by atoms with van der Waals surface area (Å²) in [5.41, 5.74) is 2.86. The SMILES string of the molecule is O=C(O)N1CCC(Nc2ncnc3c2nc(-c2ccccc2Cl)n3-c2ccc(Cl)cc2)CC1. The number of imidazole rings is 1. The van der Waals surface area contributed by atoms with Crippen molar-refractivity contribution in [2.24, 2.45) is 0 Å². The molecule has 4 aromatic rings. The van der Waals surface area contributed by atoms with Crippen LogP contribution < -0.4 is 5.32 Å². The largest absolute Gasteiger partial charge is 0.465 e. The van der Waals surface area contributed by atoms with Crippen molar-refractivity contribution in [2.45, 2.75) is 18.9 Å². The van der Waals surface area contributed by atoms with E-state index < -0.39 is 6.09 Å². The minimum Gasteiger partial charge on any atom is -0.465 e. The molecule has 0 atom stereocenters. The number of likely N-dealkylation sites (tertiary alicyclic amines) is 1. The number of nitrogens with one attached hydrogen (secondary N) is 1. The summed E-state index contributed by atoms with van der Waals surface area (Å²) in [6.45, 7) is 0.955. The number of rotatable bonds is 4. The predicted molar refractivity (Wildman–Crippen MR) is 128 cm³/mol. The van der Waals surface area contributed by atoms with E-state index in [0.717, 1.165) is 11.3 Å². The van der Waals surface area contributed by atoms with Crippen molar-refractivity contribution in [3.63, 3.8) is 0 Å². The number of nitrogens with zero attached hydrogens (tertiary/aromatic N) is 5. The first-order valence-electron chi connectivity index (χ1n) is 10.5. The second-order valence-corrected chi connectivity index (χ2v) is 8.65. The second-order valence-electron chi connectivity index (χ2n) is 7.81. The molecule has 0 bridgehead atoms. The van der Waals surface area contributed by atoms with Crippen LogP contribution in [0.1, 0.15) is 12.8 Å². The molecule has 10 heteroatoms. The molecule has 0 unspecified atom stereocenters. The molecule has 1 aliphatic heterocycles. The lowest BCUT2D eigenvalue weighted by Crippen LogP contribution is -2.41. The highest BCUT2D eigenvalue weighted by Gasteiger charge is 2.25. The maximum absolute atomic E-state index is 11.2. The number of carboxylic acid groups (broad SMARTS) is 1. The average Bonchev–Trinajstić information content (AvgIpc) is 3.21. The van der Waals surface area contributed by atoms with Gasteiger partial charge in [-0.05, 0) is 49.2 Å². The molecule has 168 valence electrons. The van der Waals surface area contributed by atoms with Crippen LogP contribution >= 0.6 is 23.2 Å². The molecular weight excluding hydrogens is 463 g/mol. The Labute approximate surface area is 199 Å². The summed E-state index contributed by atoms with van der Waals surface area (Å²) in [4.78, 5) is 26.5. The first-order valence-corrected chi connectivity index (χ1v) is 11.3. The Balaban J connectivity index is 1.59. The van der Waals surface area contributed by atoms with Crippen LogP contribution in [-0.2, 0) is 0 Å². The van der Waals surface area contributed by atoms with Crippen LogP contribution in [0.25, 0.3) is 28.2 Å². The fraction of sp³-hybridized carbons (Fsp3) is 0.217. The fourth-order valence-electron chi connectivity index (χ4n) is 4.06. The Hall–Kier alpha value is -3.36. The Bertz CT molecular complexity index is 1320. The second kappa shape index (κ2) is 8.88. The van der Waals surface area contributed by atoms with Crippen molar-refractivity contribution >= 4 is 46.3 Å². The average molecular weight is 483 g/mol. The van der Waals surface area contributed by atoms with Crippen molar-refractivity contribution in [1.29, 1.82) is 0 Å². The van der Waals surface area contributed by atoms with Crippen LogP contribution in [0.4, 0.5) is 10.6 Å². The van der Waals surface area contributed by atoms with Crippen molar-refractivity contribution in [2.75, 3.05) is 18.4 Å². The Morgan fingerprint density at radius 2 is 1.76 bits per heavy atom. The van der Waals surface area contributed by atoms with Gasteiger partial charge in [-0.15, -0.1) is 0 Å². The van der Waals surface area contributed by atoms with Crippen LogP contribution in [0.5, 0.6) is 0 Å². The molecule has 0 radical (unpaired) electrons. The summed E-state index contributed by atoms with van der Waals surface area (Å²) in [6, 6.07) is 15.0. The monoisotopic (exact) mass is 482 g/mol. The smallest absolute Gasteiger partial charge is 0.407 e. The summed E-state index contributed by atoms with van der Waals surface area (Å²) in [6.07, 6.45) is 1.99. The summed E-state index contributed by atoms with van der Waals surface area (Å²) < 4.78 is 1.94. The Kier molecular flexibility index (Phi) is 5.78. The number of hydrogen-bond donors (Lipinski definition) is 2. The quantitative estimate of drug-likeness (QED) is 0.407. The highest BCUT2D eigenvalue weighted by Crippen LogP contribution is 2.34. The van der Waals surface area contributed by atoms with E-state index in [0.29, 0.717) is 58.8 Å². The van der Waals surface area contributed by atoms with Gasteiger partial charge in [0.1, 0.15) is 12.2 Å². The lowest BCUT2D eigenvalue weighted by atomic mass is 10.1. The maximum Gasteiger partial charge on any atom is 0.407 e. The van der Waals surface area contributed by atoms with E-state index in [2.05, 4.69) is 15.3 Å². The number of halogens is 2. The molecule has 0 saturated carbocycles. The maximum atomic E-state index is 11.2. The van der Waals surface area contributed by atoms with Gasteiger partial charge in [0.2, 0.25) is 0 Å². The highest BCUT2D eigenvalue weighted by atomic mass is 35.5. The lowest BCUT2D eigenvalue weighted by molar-refractivity contribution is 0.134. The highest BCUT2D eigenvalue weighted by molar-refractivity contribution is 6.33. The van der Waals surface area contributed by atoms with Gasteiger partial charge in [-0.2, -0.15) is 0 Å². The van der Waals surface area contributed by atoms with Gasteiger partial charge < -0.3 is 15.3 Å². The molecule has 1 amide bonds. The van der Waals surface area contributed by atoms with E-state index in [1.165, 1.54) is 11.2 Å². The van der Waals surface area contributed by atoms with Gasteiger partial charge in [-0.25, -0.2) is 19.7 Å². The molecule has 2 N–H and O–H groups in total. The molecule has 3 heterocycles. The Morgan fingerprint density at radius 3 is 2.45 bits per heavy atom. The van der Waals surface area contributed by atoms with Gasteiger partial charge in [0.05, 0.1) is 5.02 Å². The standard InChI is InChI=1S/C23H20Cl2N6O2/c24-14-5-7-16(8-6-14)31-21(17-3-1-2-4-18(17)25)29-19-20(26-13-27-22(19)31)28-15-9-11-30(12-10-15)23(32)33/h1-8,13,15H,9-12H2,(H,32,33)(H,26,27,28). The molecule has 8 nitrogen and oxygen atoms in total. The normalized spacial score (nSPS) is 14.5. The summed E-state index contributed by atoms with van der Waals surface area (Å²) in [5.74, 6) is 1.25. The van der Waals surface area contributed by atoms with E-state index in [4.69, 9.17) is 28.2 Å². The zero-order chi connectivity index (χ0) is 22.9.